The van der Waals surface area contributed by atoms with Crippen LogP contribution < -0.4 is 0 Å². The summed E-state index contributed by atoms with van der Waals surface area (Å²) in [6.07, 6.45) is 22.2. The summed E-state index contributed by atoms with van der Waals surface area (Å²) in [5.41, 5.74) is -0.755. The number of carbonyl (C=O) groups is 1. The van der Waals surface area contributed by atoms with Gasteiger partial charge in [0.05, 0.1) is 18.3 Å². The number of aliphatic hydroxyl groups excluding tert-OH is 3. The maximum atomic E-state index is 10.8. The van der Waals surface area contributed by atoms with Crippen LogP contribution in [0.2, 0.25) is 0 Å². The molecule has 5 heteroatoms. The van der Waals surface area contributed by atoms with E-state index < -0.39 is 24.3 Å². The molecular formula is C31H52O5. The fraction of sp³-hybridized carbons (Fsp3) is 0.645. The lowest BCUT2D eigenvalue weighted by Crippen LogP contribution is -2.40. The molecule has 0 rings (SSSR count). The van der Waals surface area contributed by atoms with Crippen molar-refractivity contribution in [2.24, 2.45) is 16.7 Å². The third kappa shape index (κ3) is 12.8. The number of hydrogen-bond donors (Lipinski definition) is 4. The topological polar surface area (TPSA) is 98.0 Å². The van der Waals surface area contributed by atoms with Crippen molar-refractivity contribution in [2.75, 3.05) is 0 Å². The average Bonchev–Trinajstić information content (AvgIpc) is 2.84. The Labute approximate surface area is 220 Å². The van der Waals surface area contributed by atoms with Crippen molar-refractivity contribution in [3.63, 3.8) is 0 Å². The van der Waals surface area contributed by atoms with Crippen LogP contribution in [0.25, 0.3) is 0 Å². The number of hydrogen-bond acceptors (Lipinski definition) is 4. The van der Waals surface area contributed by atoms with Crippen molar-refractivity contribution in [3.8, 4) is 0 Å². The van der Waals surface area contributed by atoms with Gasteiger partial charge in [-0.05, 0) is 43.4 Å². The summed E-state index contributed by atoms with van der Waals surface area (Å²) in [5.74, 6) is -0.528. The molecule has 0 aliphatic carbocycles. The number of allylic oxidation sites excluding steroid dienone is 8. The molecule has 0 aromatic rings. The molecule has 0 aromatic carbocycles. The minimum absolute atomic E-state index is 0.180. The first kappa shape index (κ1) is 34.0. The molecule has 0 heterocycles. The van der Waals surface area contributed by atoms with Crippen LogP contribution >= 0.6 is 0 Å². The van der Waals surface area contributed by atoms with Gasteiger partial charge < -0.3 is 20.4 Å². The van der Waals surface area contributed by atoms with Gasteiger partial charge >= 0.3 is 5.97 Å². The van der Waals surface area contributed by atoms with Gasteiger partial charge in [-0.25, -0.2) is 0 Å². The van der Waals surface area contributed by atoms with E-state index in [-0.39, 0.29) is 23.2 Å². The molecule has 0 saturated carbocycles. The molecule has 3 unspecified atom stereocenters. The monoisotopic (exact) mass is 504 g/mol. The Kier molecular flexibility index (Phi) is 17.3. The van der Waals surface area contributed by atoms with E-state index in [4.69, 9.17) is 5.11 Å². The lowest BCUT2D eigenvalue weighted by atomic mass is 9.72. The predicted octanol–water partition coefficient (Wildman–Crippen LogP) is 6.76. The third-order valence-electron chi connectivity index (χ3n) is 7.48. The summed E-state index contributed by atoms with van der Waals surface area (Å²) in [6, 6.07) is 0. The Bertz CT molecular complexity index is 748. The summed E-state index contributed by atoms with van der Waals surface area (Å²) >= 11 is 0. The zero-order chi connectivity index (χ0) is 27.6. The predicted molar refractivity (Wildman–Crippen MR) is 151 cm³/mol. The van der Waals surface area contributed by atoms with Crippen LogP contribution in [0, 0.1) is 16.7 Å². The normalized spacial score (nSPS) is 19.1. The molecule has 0 bridgehead atoms. The summed E-state index contributed by atoms with van der Waals surface area (Å²) in [6.45, 7) is 12.3. The van der Waals surface area contributed by atoms with Crippen molar-refractivity contribution in [2.45, 2.75) is 111 Å². The minimum Gasteiger partial charge on any atom is -0.481 e. The van der Waals surface area contributed by atoms with Gasteiger partial charge in [-0.2, -0.15) is 0 Å². The highest BCUT2D eigenvalue weighted by Crippen LogP contribution is 2.35. The Hall–Kier alpha value is -1.95. The third-order valence-corrected chi connectivity index (χ3v) is 7.48. The fourth-order valence-corrected chi connectivity index (χ4v) is 4.00. The van der Waals surface area contributed by atoms with Gasteiger partial charge in [0.2, 0.25) is 0 Å². The van der Waals surface area contributed by atoms with E-state index >= 15 is 0 Å². The molecule has 36 heavy (non-hydrogen) atoms. The number of aliphatic hydroxyl groups is 3. The molecule has 5 nitrogen and oxygen atoms in total. The van der Waals surface area contributed by atoms with Gasteiger partial charge in [0.15, 0.2) is 0 Å². The molecule has 0 amide bonds. The summed E-state index contributed by atoms with van der Waals surface area (Å²) in [5, 5.41) is 40.6. The molecule has 0 radical (unpaired) electrons. The lowest BCUT2D eigenvalue weighted by molar-refractivity contribution is -0.137. The van der Waals surface area contributed by atoms with Gasteiger partial charge in [0.25, 0.3) is 0 Å². The van der Waals surface area contributed by atoms with Crippen LogP contribution in [-0.2, 0) is 4.79 Å². The molecule has 5 atom stereocenters. The second-order valence-corrected chi connectivity index (χ2v) is 10.6. The van der Waals surface area contributed by atoms with Crippen LogP contribution in [0.3, 0.4) is 0 Å². The molecular weight excluding hydrogens is 452 g/mol. The lowest BCUT2D eigenvalue weighted by Gasteiger charge is -2.36. The molecule has 4 N–H and O–H groups in total. The number of aliphatic carboxylic acids is 1. The maximum absolute atomic E-state index is 10.8. The van der Waals surface area contributed by atoms with E-state index in [0.29, 0.717) is 12.8 Å². The molecule has 206 valence electrons. The molecule has 0 spiro atoms. The van der Waals surface area contributed by atoms with E-state index in [1.165, 1.54) is 0 Å². The molecule has 0 aliphatic heterocycles. The Morgan fingerprint density at radius 1 is 0.861 bits per heavy atom. The van der Waals surface area contributed by atoms with Crippen molar-refractivity contribution in [3.05, 3.63) is 60.8 Å². The second-order valence-electron chi connectivity index (χ2n) is 10.6. The molecule has 0 saturated heterocycles. The number of carboxylic acids is 1. The Balaban J connectivity index is 4.83. The van der Waals surface area contributed by atoms with Gasteiger partial charge in [-0.3, -0.25) is 4.79 Å². The van der Waals surface area contributed by atoms with Gasteiger partial charge in [-0.15, -0.1) is 0 Å². The smallest absolute Gasteiger partial charge is 0.303 e. The second kappa shape index (κ2) is 18.3. The van der Waals surface area contributed by atoms with Crippen LogP contribution in [0.1, 0.15) is 92.9 Å². The highest BCUT2D eigenvalue weighted by molar-refractivity contribution is 5.66. The average molecular weight is 505 g/mol. The highest BCUT2D eigenvalue weighted by Gasteiger charge is 2.34. The summed E-state index contributed by atoms with van der Waals surface area (Å²) in [7, 11) is 0. The first-order valence-electron chi connectivity index (χ1n) is 13.5. The van der Waals surface area contributed by atoms with Gasteiger partial charge in [-0.1, -0.05) is 115 Å². The summed E-state index contributed by atoms with van der Waals surface area (Å²) < 4.78 is 0. The van der Waals surface area contributed by atoms with Crippen LogP contribution in [0.5, 0.6) is 0 Å². The molecule has 0 aromatic heterocycles. The SMILES string of the molecule is CC/C=C\C[C@](C)(CC)C(O)C(O)/C=C/C=C/C=C\C=C\[C@@](C)(C(C)C)C(O)CCCCCC(=O)O. The standard InChI is InChI=1S/C31H52O5/c1-7-9-18-23-30(5,8-2)29(36)26(32)20-15-12-10-11-13-19-24-31(6,25(3)4)27(33)21-16-14-17-22-28(34)35/h9-13,15,18-20,24-27,29,32-33,36H,7-8,14,16-17,21-23H2,1-6H3,(H,34,35)/b12-10+,13-11-,18-9-,20-15+,24-19+/t26?,27?,29?,30-,31-/m0/s1. The highest BCUT2D eigenvalue weighted by atomic mass is 16.4. The van der Waals surface area contributed by atoms with Gasteiger partial charge in [0, 0.05) is 11.8 Å². The van der Waals surface area contributed by atoms with Crippen LogP contribution in [0.15, 0.2) is 60.8 Å². The number of unbranched alkanes of at least 4 members (excludes halogenated alkanes) is 2. The maximum Gasteiger partial charge on any atom is 0.303 e. The molecule has 0 aliphatic rings. The van der Waals surface area contributed by atoms with E-state index in [9.17, 15) is 20.1 Å². The minimum atomic E-state index is -0.934. The van der Waals surface area contributed by atoms with E-state index in [1.807, 2.05) is 50.3 Å². The zero-order valence-electron chi connectivity index (χ0n) is 23.4. The van der Waals surface area contributed by atoms with E-state index in [0.717, 1.165) is 32.1 Å². The molecule has 0 fully saturated rings. The van der Waals surface area contributed by atoms with Crippen LogP contribution in [-0.4, -0.2) is 44.7 Å². The van der Waals surface area contributed by atoms with Gasteiger partial charge in [0.1, 0.15) is 0 Å². The zero-order valence-corrected chi connectivity index (χ0v) is 23.4. The summed E-state index contributed by atoms with van der Waals surface area (Å²) in [4.78, 5) is 10.6. The number of carboxylic acid groups (broad SMARTS) is 1. The van der Waals surface area contributed by atoms with Crippen molar-refractivity contribution in [1.82, 2.24) is 0 Å². The van der Waals surface area contributed by atoms with Crippen LogP contribution in [0.4, 0.5) is 0 Å². The Morgan fingerprint density at radius 3 is 2.03 bits per heavy atom. The van der Waals surface area contributed by atoms with Crippen molar-refractivity contribution in [1.29, 1.82) is 0 Å². The quantitative estimate of drug-likeness (QED) is 0.0884. The first-order valence-corrected chi connectivity index (χ1v) is 13.5. The van der Waals surface area contributed by atoms with Crippen molar-refractivity contribution < 1.29 is 25.2 Å². The Morgan fingerprint density at radius 2 is 1.47 bits per heavy atom. The first-order chi connectivity index (χ1) is 16.9. The number of rotatable bonds is 19. The van der Waals surface area contributed by atoms with E-state index in [1.54, 1.807) is 12.2 Å². The van der Waals surface area contributed by atoms with E-state index in [2.05, 4.69) is 39.8 Å². The van der Waals surface area contributed by atoms with Crippen molar-refractivity contribution >= 4 is 5.97 Å². The largest absolute Gasteiger partial charge is 0.481 e. The fourth-order valence-electron chi connectivity index (χ4n) is 4.00.